The Morgan fingerprint density at radius 3 is 2.77 bits per heavy atom. The van der Waals surface area contributed by atoms with Crippen LogP contribution in [0.2, 0.25) is 0 Å². The van der Waals surface area contributed by atoms with Gasteiger partial charge in [0.2, 0.25) is 0 Å². The maximum atomic E-state index is 4.74. The molecule has 0 aliphatic heterocycles. The Balaban J connectivity index is 0.00000242. The fraction of sp³-hybridized carbons (Fsp3) is 0.750. The Morgan fingerprint density at radius 2 is 2.14 bits per heavy atom. The Morgan fingerprint density at radius 1 is 1.36 bits per heavy atom. The monoisotopic (exact) mass is 419 g/mol. The molecule has 0 amide bonds. The smallest absolute Gasteiger partial charge is 0.191 e. The summed E-state index contributed by atoms with van der Waals surface area (Å²) in [5, 5.41) is 11.2. The molecule has 1 aromatic heterocycles. The van der Waals surface area contributed by atoms with Gasteiger partial charge >= 0.3 is 0 Å². The van der Waals surface area contributed by atoms with Crippen LogP contribution in [0.25, 0.3) is 0 Å². The van der Waals surface area contributed by atoms with Gasteiger partial charge in [-0.2, -0.15) is 5.10 Å². The number of hydrogen-bond donors (Lipinski definition) is 2. The molecule has 1 saturated carbocycles. The predicted molar refractivity (Wildman–Crippen MR) is 103 cm³/mol. The van der Waals surface area contributed by atoms with Crippen molar-refractivity contribution in [3.63, 3.8) is 0 Å². The first-order chi connectivity index (χ1) is 10.3. The number of aromatic nitrogens is 2. The first-order valence-corrected chi connectivity index (χ1v) is 8.30. The molecular formula is C16H30IN5. The second-order valence-corrected chi connectivity index (χ2v) is 6.03. The number of guanidine groups is 1. The van der Waals surface area contributed by atoms with Gasteiger partial charge in [-0.05, 0) is 31.7 Å². The molecule has 1 aliphatic carbocycles. The van der Waals surface area contributed by atoms with Gasteiger partial charge in [-0.15, -0.1) is 24.0 Å². The SMILES string of the molecule is CCNC(=NCC(C)Cn1cccn1)NC1CCCCC1.I. The van der Waals surface area contributed by atoms with E-state index in [2.05, 4.69) is 29.6 Å². The van der Waals surface area contributed by atoms with E-state index in [9.17, 15) is 0 Å². The molecule has 6 heteroatoms. The molecule has 1 fully saturated rings. The largest absolute Gasteiger partial charge is 0.357 e. The highest BCUT2D eigenvalue weighted by atomic mass is 127. The minimum absolute atomic E-state index is 0. The van der Waals surface area contributed by atoms with Crippen molar-refractivity contribution in [2.24, 2.45) is 10.9 Å². The Hall–Kier alpha value is -0.790. The van der Waals surface area contributed by atoms with Crippen molar-refractivity contribution in [2.75, 3.05) is 13.1 Å². The van der Waals surface area contributed by atoms with E-state index in [0.717, 1.165) is 25.6 Å². The van der Waals surface area contributed by atoms with E-state index in [1.165, 1.54) is 32.1 Å². The number of rotatable bonds is 6. The van der Waals surface area contributed by atoms with Crippen LogP contribution in [0.3, 0.4) is 0 Å². The molecule has 1 heterocycles. The van der Waals surface area contributed by atoms with Crippen LogP contribution in [0.5, 0.6) is 0 Å². The summed E-state index contributed by atoms with van der Waals surface area (Å²) in [5.74, 6) is 1.45. The van der Waals surface area contributed by atoms with Gasteiger partial charge in [-0.1, -0.05) is 26.2 Å². The summed E-state index contributed by atoms with van der Waals surface area (Å²) in [6, 6.07) is 2.56. The van der Waals surface area contributed by atoms with Crippen LogP contribution in [-0.4, -0.2) is 34.9 Å². The summed E-state index contributed by atoms with van der Waals surface area (Å²) >= 11 is 0. The van der Waals surface area contributed by atoms with E-state index >= 15 is 0 Å². The lowest BCUT2D eigenvalue weighted by Crippen LogP contribution is -2.44. The van der Waals surface area contributed by atoms with E-state index in [1.54, 1.807) is 0 Å². The van der Waals surface area contributed by atoms with Crippen molar-refractivity contribution >= 4 is 29.9 Å². The minimum atomic E-state index is 0. The Labute approximate surface area is 151 Å². The van der Waals surface area contributed by atoms with Crippen molar-refractivity contribution < 1.29 is 0 Å². The van der Waals surface area contributed by atoms with Gasteiger partial charge < -0.3 is 10.6 Å². The highest BCUT2D eigenvalue weighted by Gasteiger charge is 2.14. The number of nitrogens with zero attached hydrogens (tertiary/aromatic N) is 3. The third-order valence-corrected chi connectivity index (χ3v) is 3.91. The molecule has 0 radical (unpaired) electrons. The molecule has 0 saturated heterocycles. The second kappa shape index (κ2) is 10.9. The summed E-state index contributed by atoms with van der Waals surface area (Å²) < 4.78 is 1.97. The van der Waals surface area contributed by atoms with Crippen LogP contribution in [0.4, 0.5) is 0 Å². The standard InChI is InChI=1S/C16H29N5.HI/c1-3-17-16(20-15-8-5-4-6-9-15)18-12-14(2)13-21-11-7-10-19-21;/h7,10-11,14-15H,3-6,8-9,12-13H2,1-2H3,(H2,17,18,20);1H. The van der Waals surface area contributed by atoms with E-state index < -0.39 is 0 Å². The third kappa shape index (κ3) is 6.98. The summed E-state index contributed by atoms with van der Waals surface area (Å²) in [4.78, 5) is 4.74. The van der Waals surface area contributed by atoms with E-state index in [-0.39, 0.29) is 24.0 Å². The summed E-state index contributed by atoms with van der Waals surface area (Å²) in [5.41, 5.74) is 0. The molecule has 2 rings (SSSR count). The lowest BCUT2D eigenvalue weighted by Gasteiger charge is -2.25. The topological polar surface area (TPSA) is 54.2 Å². The average Bonchev–Trinajstić information content (AvgIpc) is 2.99. The first kappa shape index (κ1) is 19.3. The van der Waals surface area contributed by atoms with Gasteiger partial charge in [0.05, 0.1) is 0 Å². The third-order valence-electron chi connectivity index (χ3n) is 3.91. The summed E-state index contributed by atoms with van der Waals surface area (Å²) in [6.45, 7) is 6.98. The van der Waals surface area contributed by atoms with E-state index in [4.69, 9.17) is 4.99 Å². The molecule has 1 aromatic rings. The lowest BCUT2D eigenvalue weighted by molar-refractivity contribution is 0.408. The number of nitrogens with one attached hydrogen (secondary N) is 2. The normalized spacial score (nSPS) is 17.6. The Kier molecular flexibility index (Phi) is 9.50. The van der Waals surface area contributed by atoms with Crippen LogP contribution in [0, 0.1) is 5.92 Å². The Bertz CT molecular complexity index is 412. The van der Waals surface area contributed by atoms with E-state index in [0.29, 0.717) is 12.0 Å². The van der Waals surface area contributed by atoms with Gasteiger partial charge in [0, 0.05) is 38.1 Å². The van der Waals surface area contributed by atoms with Gasteiger partial charge in [0.25, 0.3) is 0 Å². The zero-order valence-corrected chi connectivity index (χ0v) is 16.1. The van der Waals surface area contributed by atoms with Crippen LogP contribution in [0.15, 0.2) is 23.5 Å². The molecule has 1 aliphatic rings. The molecule has 0 spiro atoms. The lowest BCUT2D eigenvalue weighted by atomic mass is 9.96. The fourth-order valence-electron chi connectivity index (χ4n) is 2.79. The molecular weight excluding hydrogens is 389 g/mol. The van der Waals surface area contributed by atoms with Gasteiger partial charge in [-0.3, -0.25) is 9.67 Å². The summed E-state index contributed by atoms with van der Waals surface area (Å²) in [7, 11) is 0. The van der Waals surface area contributed by atoms with Gasteiger partial charge in [-0.25, -0.2) is 0 Å². The molecule has 2 N–H and O–H groups in total. The highest BCUT2D eigenvalue weighted by molar-refractivity contribution is 14.0. The molecule has 5 nitrogen and oxygen atoms in total. The average molecular weight is 419 g/mol. The van der Waals surface area contributed by atoms with Crippen LogP contribution in [-0.2, 0) is 6.54 Å². The zero-order valence-electron chi connectivity index (χ0n) is 13.8. The molecule has 0 bridgehead atoms. The molecule has 22 heavy (non-hydrogen) atoms. The van der Waals surface area contributed by atoms with Crippen LogP contribution >= 0.6 is 24.0 Å². The molecule has 0 aromatic carbocycles. The molecule has 1 atom stereocenters. The van der Waals surface area contributed by atoms with Crippen molar-refractivity contribution in [1.82, 2.24) is 20.4 Å². The summed E-state index contributed by atoms with van der Waals surface area (Å²) in [6.07, 6.45) is 10.4. The number of aliphatic imine (C=N–C) groups is 1. The zero-order chi connectivity index (χ0) is 14.9. The minimum Gasteiger partial charge on any atom is -0.357 e. The van der Waals surface area contributed by atoms with Crippen LogP contribution in [0.1, 0.15) is 46.0 Å². The van der Waals surface area contributed by atoms with Crippen molar-refractivity contribution in [1.29, 1.82) is 0 Å². The van der Waals surface area contributed by atoms with Crippen molar-refractivity contribution in [3.05, 3.63) is 18.5 Å². The quantitative estimate of drug-likeness (QED) is 0.424. The van der Waals surface area contributed by atoms with E-state index in [1.807, 2.05) is 23.1 Å². The van der Waals surface area contributed by atoms with Crippen LogP contribution < -0.4 is 10.6 Å². The highest BCUT2D eigenvalue weighted by Crippen LogP contribution is 2.17. The maximum Gasteiger partial charge on any atom is 0.191 e. The number of hydrogen-bond acceptors (Lipinski definition) is 2. The predicted octanol–water partition coefficient (Wildman–Crippen LogP) is 3.03. The first-order valence-electron chi connectivity index (χ1n) is 8.30. The van der Waals surface area contributed by atoms with Gasteiger partial charge in [0.1, 0.15) is 0 Å². The number of halogens is 1. The second-order valence-electron chi connectivity index (χ2n) is 6.03. The molecule has 126 valence electrons. The maximum absolute atomic E-state index is 4.74. The molecule has 1 unspecified atom stereocenters. The van der Waals surface area contributed by atoms with Crippen molar-refractivity contribution in [2.45, 2.75) is 58.5 Å². The van der Waals surface area contributed by atoms with Crippen molar-refractivity contribution in [3.8, 4) is 0 Å². The fourth-order valence-corrected chi connectivity index (χ4v) is 2.79. The van der Waals surface area contributed by atoms with Gasteiger partial charge in [0.15, 0.2) is 5.96 Å².